The van der Waals surface area contributed by atoms with Gasteiger partial charge in [-0.2, -0.15) is 5.10 Å². The second-order valence-electron chi connectivity index (χ2n) is 19.0. The maximum absolute atomic E-state index is 14.9. The van der Waals surface area contributed by atoms with Gasteiger partial charge in [0.05, 0.1) is 53.0 Å². The van der Waals surface area contributed by atoms with Crippen molar-refractivity contribution in [2.75, 3.05) is 45.7 Å². The number of hydrogen-bond acceptors (Lipinski definition) is 20. The highest BCUT2D eigenvalue weighted by Gasteiger charge is 2.52. The van der Waals surface area contributed by atoms with Crippen molar-refractivity contribution >= 4 is 46.3 Å². The molecule has 71 heavy (non-hydrogen) atoms. The van der Waals surface area contributed by atoms with E-state index in [0.29, 0.717) is 26.2 Å². The Morgan fingerprint density at radius 3 is 2.17 bits per heavy atom. The summed E-state index contributed by atoms with van der Waals surface area (Å²) in [5, 5.41) is 98.3. The van der Waals surface area contributed by atoms with E-state index in [-0.39, 0.29) is 28.0 Å². The number of hydrazone groups is 1. The van der Waals surface area contributed by atoms with E-state index in [1.807, 2.05) is 7.05 Å². The van der Waals surface area contributed by atoms with Crippen LogP contribution in [0.1, 0.15) is 70.0 Å². The summed E-state index contributed by atoms with van der Waals surface area (Å²) >= 11 is 0. The number of amides is 1. The third kappa shape index (κ3) is 10.8. The third-order valence-corrected chi connectivity index (χ3v) is 13.9. The number of nitrogens with zero attached hydrogens (tertiary/aromatic N) is 3. The Kier molecular flexibility index (Phi) is 16.8. The van der Waals surface area contributed by atoms with Crippen LogP contribution >= 0.6 is 0 Å². The number of carbonyl (C=O) groups is 4. The number of ketones is 1. The number of hydrogen-bond donors (Lipinski definition) is 9. The van der Waals surface area contributed by atoms with Gasteiger partial charge in [0.15, 0.2) is 11.9 Å². The van der Waals surface area contributed by atoms with Crippen LogP contribution < -0.4 is 14.8 Å². The van der Waals surface area contributed by atoms with E-state index < -0.39 is 142 Å². The largest absolute Gasteiger partial charge is 0.506 e. The van der Waals surface area contributed by atoms with E-state index in [9.17, 15) is 60.0 Å². The van der Waals surface area contributed by atoms with Crippen LogP contribution in [0.2, 0.25) is 0 Å². The third-order valence-electron chi connectivity index (χ3n) is 13.9. The fourth-order valence-electron chi connectivity index (χ4n) is 9.32. The first kappa shape index (κ1) is 54.5. The standard InChI is InChI=1S/C49H66N4O18/c1-21-12-11-13-22(2)46(63)51-33-28(20-50-53-17-15-52(9)16-18-53)36(57)30-31(37(33)58)42(69-48-40(61)38(59)39(60)44(70-48)47(64)65)26(6)43-32(30)45(62)49(8,71-43)67-19-14-29(66-10)23(3)41(68-27(7)54)25(5)35(56)24(4)34(21)55/h11-14,19-21,23-25,29,34-35,38-41,44,48,55-61H,15-18H2,1-10H3,(H,51,63)(H,64,65)/b12-11+,19-14+,22-13-,50-20+/t21-,23+,24+,25+,29-,34-,35+,38?,39?,40?,41+,44?,48?,49-/m0/s1. The number of methoxy groups -OCH3 is 1. The molecular formula is C49H66N4O18. The topological polar surface area (TPSA) is 316 Å². The SMILES string of the molecule is CO[C@H]1/C=C/O[C@@]2(C)Oc3c(C)c(OC4OC(C(=O)O)C(O)C(O)C4O)c4c(O)c(c(/C=N/N5CCN(C)CC5)c(O)c4c3C2=O)NC(=O)/C(C)=C\C=C\[C@H](C)[C@H](O)[C@@H](C)[C@@H](O)[C@@H](C)[C@H](OC(C)=O)[C@@H]1C. The molecule has 2 aromatic carbocycles. The van der Waals surface area contributed by atoms with Gasteiger partial charge in [-0.15, -0.1) is 0 Å². The smallest absolute Gasteiger partial charge is 0.335 e. The number of Topliss-reactive ketones (excluding diaryl/α,β-unsaturated/α-hetero) is 1. The Labute approximate surface area is 410 Å². The van der Waals surface area contributed by atoms with E-state index >= 15 is 0 Å². The predicted octanol–water partition coefficient (Wildman–Crippen LogP) is 1.90. The van der Waals surface area contributed by atoms with Gasteiger partial charge >= 0.3 is 17.7 Å². The van der Waals surface area contributed by atoms with Gasteiger partial charge < -0.3 is 79.5 Å². The van der Waals surface area contributed by atoms with Crippen molar-refractivity contribution in [1.29, 1.82) is 0 Å². The van der Waals surface area contributed by atoms with Crippen LogP contribution in [0.4, 0.5) is 5.69 Å². The van der Waals surface area contributed by atoms with Gasteiger partial charge in [-0.05, 0) is 27.0 Å². The highest BCUT2D eigenvalue weighted by Crippen LogP contribution is 2.56. The van der Waals surface area contributed by atoms with E-state index in [4.69, 9.17) is 28.4 Å². The lowest BCUT2D eigenvalue weighted by molar-refractivity contribution is -0.271. The Morgan fingerprint density at radius 1 is 0.887 bits per heavy atom. The molecule has 7 rings (SSSR count). The highest BCUT2D eigenvalue weighted by atomic mass is 16.7. The van der Waals surface area contributed by atoms with Gasteiger partial charge in [0.25, 0.3) is 11.7 Å². The Balaban J connectivity index is 1.61. The number of nitrogens with one attached hydrogen (secondary N) is 1. The number of esters is 1. The fraction of sp³-hybridized carbons (Fsp3) is 0.571. The molecule has 5 heterocycles. The van der Waals surface area contributed by atoms with Crippen LogP contribution in [-0.2, 0) is 33.3 Å². The number of ether oxygens (including phenoxy) is 6. The summed E-state index contributed by atoms with van der Waals surface area (Å²) in [4.78, 5) is 55.7. The minimum absolute atomic E-state index is 0.0584. The Hall–Kier alpha value is -5.85. The number of allylic oxidation sites excluding steroid dienone is 2. The lowest BCUT2D eigenvalue weighted by Gasteiger charge is -2.38. The number of benzene rings is 2. The van der Waals surface area contributed by atoms with Crippen LogP contribution in [0, 0.1) is 30.6 Å². The van der Waals surface area contributed by atoms with Crippen molar-refractivity contribution < 1.29 is 88.5 Å². The molecule has 2 saturated heterocycles. The number of aliphatic carboxylic acids is 1. The quantitative estimate of drug-likeness (QED) is 0.0828. The summed E-state index contributed by atoms with van der Waals surface area (Å²) in [5.74, 6) is -11.4. The number of likely N-dealkylation sites (N-methyl/N-ethyl adjacent to an activating group) is 1. The molecule has 2 fully saturated rings. The van der Waals surface area contributed by atoms with Crippen LogP contribution in [0.25, 0.3) is 10.8 Å². The normalized spacial score (nSPS) is 35.1. The molecule has 5 unspecified atom stereocenters. The highest BCUT2D eigenvalue weighted by molar-refractivity contribution is 6.24. The lowest BCUT2D eigenvalue weighted by atomic mass is 9.78. The Morgan fingerprint density at radius 2 is 1.55 bits per heavy atom. The van der Waals surface area contributed by atoms with Crippen molar-refractivity contribution in [3.05, 3.63) is 52.8 Å². The van der Waals surface area contributed by atoms with Crippen molar-refractivity contribution in [2.45, 2.75) is 116 Å². The summed E-state index contributed by atoms with van der Waals surface area (Å²) in [7, 11) is 3.32. The average molecular weight is 999 g/mol. The van der Waals surface area contributed by atoms with Gasteiger partial charge in [0.2, 0.25) is 6.29 Å². The molecule has 0 saturated carbocycles. The monoisotopic (exact) mass is 998 g/mol. The molecule has 0 aliphatic carbocycles. The molecule has 0 spiro atoms. The van der Waals surface area contributed by atoms with Crippen molar-refractivity contribution in [3.63, 3.8) is 0 Å². The molecule has 0 radical (unpaired) electrons. The molecule has 5 aliphatic heterocycles. The minimum Gasteiger partial charge on any atom is -0.506 e. The van der Waals surface area contributed by atoms with Gasteiger partial charge in [0, 0.05) is 87.3 Å². The molecule has 5 bridgehead atoms. The number of carboxylic acid groups (broad SMARTS) is 1. The second kappa shape index (κ2) is 21.9. The van der Waals surface area contributed by atoms with Crippen molar-refractivity contribution in [1.82, 2.24) is 9.91 Å². The molecule has 0 aromatic heterocycles. The first-order valence-corrected chi connectivity index (χ1v) is 23.3. The summed E-state index contributed by atoms with van der Waals surface area (Å²) < 4.78 is 35.5. The number of piperazine rings is 1. The number of aliphatic hydroxyl groups is 5. The molecular weight excluding hydrogens is 933 g/mol. The Bertz CT molecular complexity index is 2490. The average Bonchev–Trinajstić information content (AvgIpc) is 3.59. The number of carbonyl (C=O) groups excluding carboxylic acids is 3. The molecule has 5 aliphatic rings. The maximum Gasteiger partial charge on any atom is 0.335 e. The number of anilines is 1. The van der Waals surface area contributed by atoms with E-state index in [0.717, 1.165) is 6.26 Å². The molecule has 22 heteroatoms. The fourth-order valence-corrected chi connectivity index (χ4v) is 9.32. The number of aliphatic hydroxyl groups excluding tert-OH is 5. The van der Waals surface area contributed by atoms with E-state index in [2.05, 4.69) is 15.3 Å². The second-order valence-corrected chi connectivity index (χ2v) is 19.0. The molecule has 9 N–H and O–H groups in total. The summed E-state index contributed by atoms with van der Waals surface area (Å²) in [6.07, 6.45) is -6.47. The van der Waals surface area contributed by atoms with Gasteiger partial charge in [-0.25, -0.2) is 4.79 Å². The maximum atomic E-state index is 14.9. The zero-order valence-corrected chi connectivity index (χ0v) is 41.3. The van der Waals surface area contributed by atoms with E-state index in [1.54, 1.807) is 38.8 Å². The molecule has 2 aromatic rings. The van der Waals surface area contributed by atoms with Crippen LogP contribution in [-0.4, -0.2) is 182 Å². The van der Waals surface area contributed by atoms with Crippen molar-refractivity contribution in [2.24, 2.45) is 28.8 Å². The first-order valence-electron chi connectivity index (χ1n) is 23.3. The van der Waals surface area contributed by atoms with Gasteiger partial charge in [0.1, 0.15) is 41.7 Å². The van der Waals surface area contributed by atoms with Gasteiger partial charge in [-0.3, -0.25) is 19.4 Å². The molecule has 390 valence electrons. The molecule has 14 atom stereocenters. The molecule has 1 amide bonds. The summed E-state index contributed by atoms with van der Waals surface area (Å²) in [5.41, 5.74) is -1.11. The first-order chi connectivity index (χ1) is 33.3. The number of aromatic hydroxyl groups is 2. The van der Waals surface area contributed by atoms with Crippen molar-refractivity contribution in [3.8, 4) is 23.0 Å². The van der Waals surface area contributed by atoms with Crippen LogP contribution in [0.5, 0.6) is 23.0 Å². The van der Waals surface area contributed by atoms with E-state index in [1.165, 1.54) is 59.2 Å². The zero-order valence-electron chi connectivity index (χ0n) is 41.3. The minimum atomic E-state index is -2.25. The summed E-state index contributed by atoms with van der Waals surface area (Å²) in [6.45, 7) is 14.2. The number of phenolic OH excluding ortho intramolecular Hbond substituents is 2. The van der Waals surface area contributed by atoms with Gasteiger partial charge in [-0.1, -0.05) is 45.9 Å². The van der Waals surface area contributed by atoms with Crippen LogP contribution in [0.3, 0.4) is 0 Å². The summed E-state index contributed by atoms with van der Waals surface area (Å²) in [6, 6.07) is 0. The van der Waals surface area contributed by atoms with Crippen LogP contribution in [0.15, 0.2) is 41.2 Å². The number of phenols is 2. The number of carboxylic acids is 1. The molecule has 22 nitrogen and oxygen atoms in total. The number of fused-ring (bicyclic) bond motifs is 14. The lowest BCUT2D eigenvalue weighted by Crippen LogP contribution is -2.61. The number of rotatable bonds is 7. The zero-order chi connectivity index (χ0) is 52.5. The predicted molar refractivity (Wildman–Crippen MR) is 254 cm³/mol.